The SMILES string of the molecule is CC.CC(C)(C)SN(Cc1ccccc1)CC1CCC(N)C(O)O1. The molecule has 0 saturated carbocycles. The Morgan fingerprint density at radius 3 is 2.38 bits per heavy atom. The third-order valence-electron chi connectivity index (χ3n) is 3.53. The molecule has 1 fully saturated rings. The maximum Gasteiger partial charge on any atom is 0.170 e. The highest BCUT2D eigenvalue weighted by Crippen LogP contribution is 2.30. The van der Waals surface area contributed by atoms with Gasteiger partial charge in [-0.1, -0.05) is 56.1 Å². The Hall–Kier alpha value is -0.590. The summed E-state index contributed by atoms with van der Waals surface area (Å²) in [5.74, 6) is 0. The monoisotopic (exact) mass is 354 g/mol. The van der Waals surface area contributed by atoms with Crippen LogP contribution in [-0.2, 0) is 11.3 Å². The maximum atomic E-state index is 9.81. The average Bonchev–Trinajstić information content (AvgIpc) is 2.52. The van der Waals surface area contributed by atoms with Crippen molar-refractivity contribution in [2.45, 2.75) is 77.2 Å². The Morgan fingerprint density at radius 1 is 1.21 bits per heavy atom. The van der Waals surface area contributed by atoms with Crippen molar-refractivity contribution in [2.24, 2.45) is 5.73 Å². The van der Waals surface area contributed by atoms with E-state index in [9.17, 15) is 5.11 Å². The minimum absolute atomic E-state index is 0.0355. The minimum Gasteiger partial charge on any atom is -0.367 e. The molecule has 1 aliphatic rings. The maximum absolute atomic E-state index is 9.81. The fraction of sp³-hybridized carbons (Fsp3) is 0.684. The summed E-state index contributed by atoms with van der Waals surface area (Å²) in [6, 6.07) is 10.2. The highest BCUT2D eigenvalue weighted by atomic mass is 32.2. The second-order valence-electron chi connectivity index (χ2n) is 6.90. The van der Waals surface area contributed by atoms with E-state index in [1.807, 2.05) is 31.9 Å². The van der Waals surface area contributed by atoms with Crippen LogP contribution in [0.3, 0.4) is 0 Å². The molecule has 1 aromatic carbocycles. The van der Waals surface area contributed by atoms with Gasteiger partial charge in [-0.15, -0.1) is 0 Å². The number of hydrogen-bond acceptors (Lipinski definition) is 5. The number of nitrogens with zero attached hydrogens (tertiary/aromatic N) is 1. The molecule has 4 nitrogen and oxygen atoms in total. The van der Waals surface area contributed by atoms with E-state index >= 15 is 0 Å². The quantitative estimate of drug-likeness (QED) is 0.788. The number of rotatable bonds is 5. The van der Waals surface area contributed by atoms with E-state index in [0.29, 0.717) is 0 Å². The van der Waals surface area contributed by atoms with Crippen molar-refractivity contribution in [3.8, 4) is 0 Å². The lowest BCUT2D eigenvalue weighted by Crippen LogP contribution is -2.46. The van der Waals surface area contributed by atoms with E-state index in [1.54, 1.807) is 0 Å². The van der Waals surface area contributed by atoms with Gasteiger partial charge < -0.3 is 15.6 Å². The topological polar surface area (TPSA) is 58.7 Å². The van der Waals surface area contributed by atoms with Gasteiger partial charge in [0.25, 0.3) is 0 Å². The molecule has 1 heterocycles. The summed E-state index contributed by atoms with van der Waals surface area (Å²) in [7, 11) is 0. The number of nitrogens with two attached hydrogens (primary N) is 1. The molecule has 1 aliphatic heterocycles. The van der Waals surface area contributed by atoms with E-state index in [1.165, 1.54) is 5.56 Å². The summed E-state index contributed by atoms with van der Waals surface area (Å²) >= 11 is 1.83. The van der Waals surface area contributed by atoms with Gasteiger partial charge >= 0.3 is 0 Å². The molecule has 2 rings (SSSR count). The van der Waals surface area contributed by atoms with Crippen LogP contribution in [0.1, 0.15) is 53.0 Å². The normalized spacial score (nSPS) is 24.4. The molecule has 5 heteroatoms. The van der Waals surface area contributed by atoms with Gasteiger partial charge in [0.05, 0.1) is 12.1 Å². The molecular weight excluding hydrogens is 320 g/mol. The molecule has 0 aliphatic carbocycles. The first-order valence-electron chi connectivity index (χ1n) is 8.90. The summed E-state index contributed by atoms with van der Waals surface area (Å²) in [5.41, 5.74) is 7.09. The number of aliphatic hydroxyl groups is 1. The molecule has 0 bridgehead atoms. The van der Waals surface area contributed by atoms with Crippen molar-refractivity contribution < 1.29 is 9.84 Å². The lowest BCUT2D eigenvalue weighted by atomic mass is 10.0. The molecule has 1 saturated heterocycles. The molecule has 3 N–H and O–H groups in total. The van der Waals surface area contributed by atoms with Gasteiger partial charge in [-0.25, -0.2) is 4.31 Å². The van der Waals surface area contributed by atoms with E-state index < -0.39 is 6.29 Å². The summed E-state index contributed by atoms with van der Waals surface area (Å²) in [4.78, 5) is 0. The number of ether oxygens (including phenoxy) is 1. The second-order valence-corrected chi connectivity index (χ2v) is 8.83. The van der Waals surface area contributed by atoms with Crippen LogP contribution in [0.25, 0.3) is 0 Å². The minimum atomic E-state index is -0.836. The van der Waals surface area contributed by atoms with Crippen molar-refractivity contribution in [1.82, 2.24) is 4.31 Å². The average molecular weight is 355 g/mol. The number of hydrogen-bond donors (Lipinski definition) is 2. The van der Waals surface area contributed by atoms with Crippen LogP contribution >= 0.6 is 11.9 Å². The Balaban J connectivity index is 0.00000139. The zero-order chi connectivity index (χ0) is 18.2. The van der Waals surface area contributed by atoms with Gasteiger partial charge in [0.15, 0.2) is 6.29 Å². The van der Waals surface area contributed by atoms with Gasteiger partial charge in [-0.05, 0) is 39.2 Å². The fourth-order valence-corrected chi connectivity index (χ4v) is 3.79. The van der Waals surface area contributed by atoms with E-state index in [-0.39, 0.29) is 16.9 Å². The third-order valence-corrected chi connectivity index (χ3v) is 4.62. The van der Waals surface area contributed by atoms with Crippen LogP contribution in [0, 0.1) is 0 Å². The summed E-state index contributed by atoms with van der Waals surface area (Å²) < 4.78 is 8.13. The van der Waals surface area contributed by atoms with Crippen molar-refractivity contribution in [3.05, 3.63) is 35.9 Å². The molecule has 0 radical (unpaired) electrons. The van der Waals surface area contributed by atoms with Crippen LogP contribution in [0.15, 0.2) is 30.3 Å². The van der Waals surface area contributed by atoms with Crippen molar-refractivity contribution in [1.29, 1.82) is 0 Å². The van der Waals surface area contributed by atoms with E-state index in [0.717, 1.165) is 25.9 Å². The molecule has 138 valence electrons. The Bertz CT molecular complexity index is 450. The molecule has 3 atom stereocenters. The zero-order valence-corrected chi connectivity index (χ0v) is 16.6. The van der Waals surface area contributed by atoms with Crippen LogP contribution in [0.2, 0.25) is 0 Å². The lowest BCUT2D eigenvalue weighted by Gasteiger charge is -2.36. The number of benzene rings is 1. The zero-order valence-electron chi connectivity index (χ0n) is 15.7. The molecule has 0 amide bonds. The first-order valence-corrected chi connectivity index (χ1v) is 9.68. The number of aliphatic hydroxyl groups excluding tert-OH is 1. The van der Waals surface area contributed by atoms with E-state index in [2.05, 4.69) is 49.3 Å². The summed E-state index contributed by atoms with van der Waals surface area (Å²) in [5, 5.41) is 9.81. The van der Waals surface area contributed by atoms with Gasteiger partial charge in [0.2, 0.25) is 0 Å². The summed E-state index contributed by atoms with van der Waals surface area (Å²) in [6.07, 6.45) is 0.907. The molecule has 24 heavy (non-hydrogen) atoms. The van der Waals surface area contributed by atoms with Crippen molar-refractivity contribution >= 4 is 11.9 Å². The smallest absolute Gasteiger partial charge is 0.170 e. The van der Waals surface area contributed by atoms with Crippen LogP contribution in [0.4, 0.5) is 0 Å². The Labute approximate surface area is 151 Å². The molecular formula is C19H34N2O2S. The van der Waals surface area contributed by atoms with Crippen LogP contribution in [0.5, 0.6) is 0 Å². The van der Waals surface area contributed by atoms with Gasteiger partial charge in [-0.3, -0.25) is 0 Å². The lowest BCUT2D eigenvalue weighted by molar-refractivity contribution is -0.173. The van der Waals surface area contributed by atoms with Gasteiger partial charge in [0.1, 0.15) is 0 Å². The van der Waals surface area contributed by atoms with Crippen LogP contribution < -0.4 is 5.73 Å². The molecule has 0 spiro atoms. The Morgan fingerprint density at radius 2 is 1.83 bits per heavy atom. The van der Waals surface area contributed by atoms with E-state index in [4.69, 9.17) is 10.5 Å². The first-order chi connectivity index (χ1) is 11.3. The molecule has 1 aromatic rings. The van der Waals surface area contributed by atoms with Crippen molar-refractivity contribution in [2.75, 3.05) is 6.54 Å². The van der Waals surface area contributed by atoms with Gasteiger partial charge in [-0.2, -0.15) is 0 Å². The highest BCUT2D eigenvalue weighted by molar-refractivity contribution is 7.98. The second kappa shape index (κ2) is 10.4. The van der Waals surface area contributed by atoms with Gasteiger partial charge in [0, 0.05) is 17.8 Å². The van der Waals surface area contributed by atoms with Crippen molar-refractivity contribution in [3.63, 3.8) is 0 Å². The molecule has 0 aromatic heterocycles. The summed E-state index contributed by atoms with van der Waals surface area (Å²) in [6.45, 7) is 12.3. The third kappa shape index (κ3) is 7.99. The van der Waals surface area contributed by atoms with Crippen LogP contribution in [-0.4, -0.2) is 39.1 Å². The largest absolute Gasteiger partial charge is 0.367 e. The Kier molecular flexibility index (Phi) is 9.31. The standard InChI is InChI=1S/C17H28N2O2S.C2H6/c1-17(2,3)22-19(11-13-7-5-4-6-8-13)12-14-9-10-15(18)16(20)21-14;1-2/h4-8,14-16,20H,9-12,18H2,1-3H3;1-2H3. The first kappa shape index (κ1) is 21.5. The fourth-order valence-electron chi connectivity index (χ4n) is 2.56. The molecule has 3 unspecified atom stereocenters. The highest BCUT2D eigenvalue weighted by Gasteiger charge is 2.29. The predicted octanol–water partition coefficient (Wildman–Crippen LogP) is 3.79. The predicted molar refractivity (Wildman–Crippen MR) is 104 cm³/mol.